The third-order valence-electron chi connectivity index (χ3n) is 6.17. The topological polar surface area (TPSA) is 97.1 Å². The van der Waals surface area contributed by atoms with Gasteiger partial charge in [0.25, 0.3) is 0 Å². The minimum Gasteiger partial charge on any atom is -0.475 e. The number of ether oxygens (including phenoxy) is 2. The molecule has 0 unspecified atom stereocenters. The van der Waals surface area contributed by atoms with Gasteiger partial charge in [-0.25, -0.2) is 9.78 Å². The maximum absolute atomic E-state index is 12.9. The van der Waals surface area contributed by atoms with Crippen molar-refractivity contribution in [3.05, 3.63) is 36.4 Å². The number of carboxylic acid groups (broad SMARTS) is 1. The van der Waals surface area contributed by atoms with Crippen LogP contribution in [-0.4, -0.2) is 64.0 Å². The summed E-state index contributed by atoms with van der Waals surface area (Å²) in [5.74, 6) is 0.0311. The first kappa shape index (κ1) is 22.9. The van der Waals surface area contributed by atoms with Gasteiger partial charge in [-0.3, -0.25) is 9.69 Å². The number of benzene rings is 1. The molecule has 3 aliphatic rings. The Hall–Kier alpha value is -3.28. The quantitative estimate of drug-likeness (QED) is 0.691. The number of hydrogen-bond acceptors (Lipinski definition) is 6. The number of alkyl halides is 3. The van der Waals surface area contributed by atoms with Gasteiger partial charge in [0.1, 0.15) is 5.82 Å². The smallest absolute Gasteiger partial charge is 0.475 e. The fourth-order valence-electron chi connectivity index (χ4n) is 4.16. The molecule has 0 atom stereocenters. The second-order valence-electron chi connectivity index (χ2n) is 8.24. The molecule has 1 N–H and O–H groups in total. The third-order valence-corrected chi connectivity index (χ3v) is 6.17. The number of anilines is 1. The van der Waals surface area contributed by atoms with E-state index in [9.17, 15) is 18.0 Å². The summed E-state index contributed by atoms with van der Waals surface area (Å²) in [5.41, 5.74) is 0.717. The van der Waals surface area contributed by atoms with Gasteiger partial charge in [0, 0.05) is 37.7 Å². The lowest BCUT2D eigenvalue weighted by molar-refractivity contribution is -0.192. The maximum Gasteiger partial charge on any atom is 0.490 e. The van der Waals surface area contributed by atoms with Gasteiger partial charge in [-0.1, -0.05) is 0 Å². The van der Waals surface area contributed by atoms with Crippen LogP contribution in [0.2, 0.25) is 0 Å². The summed E-state index contributed by atoms with van der Waals surface area (Å²) in [5, 5.41) is 7.12. The van der Waals surface area contributed by atoms with Gasteiger partial charge in [-0.05, 0) is 38.1 Å². The highest BCUT2D eigenvalue weighted by atomic mass is 19.4. The standard InChI is InChI=1S/C19H22N4O3.C2HF3O2/c1-21-9-6-20-17(21)11-22-7-4-19(5-8-22)12-23(18(19)24)14-2-3-15-16(10-14)26-13-25-15;3-2(4,5)1(6)7/h2-3,6,9-10H,4-5,7-8,11-13H2,1H3;(H,6,7). The maximum atomic E-state index is 12.9. The zero-order valence-electron chi connectivity index (χ0n) is 17.8. The molecular formula is C21H23F3N4O5. The van der Waals surface area contributed by atoms with Gasteiger partial charge in [-0.2, -0.15) is 13.2 Å². The number of imidazole rings is 1. The van der Waals surface area contributed by atoms with E-state index in [1.165, 1.54) is 0 Å². The lowest BCUT2D eigenvalue weighted by atomic mass is 9.71. The lowest BCUT2D eigenvalue weighted by Crippen LogP contribution is -2.65. The number of aryl methyl sites for hydroxylation is 1. The van der Waals surface area contributed by atoms with Gasteiger partial charge < -0.3 is 24.0 Å². The Morgan fingerprint density at radius 2 is 1.88 bits per heavy atom. The predicted molar refractivity (Wildman–Crippen MR) is 109 cm³/mol. The average molecular weight is 468 g/mol. The molecule has 33 heavy (non-hydrogen) atoms. The number of fused-ring (bicyclic) bond motifs is 1. The molecule has 3 aliphatic heterocycles. The Labute approximate surface area is 187 Å². The van der Waals surface area contributed by atoms with E-state index in [1.54, 1.807) is 0 Å². The van der Waals surface area contributed by atoms with Gasteiger partial charge in [0.15, 0.2) is 11.5 Å². The molecule has 2 aromatic rings. The highest BCUT2D eigenvalue weighted by molar-refractivity contribution is 6.04. The molecule has 12 heteroatoms. The van der Waals surface area contributed by atoms with Gasteiger partial charge in [0.05, 0.1) is 12.0 Å². The monoisotopic (exact) mass is 468 g/mol. The van der Waals surface area contributed by atoms with Crippen molar-refractivity contribution in [3.8, 4) is 11.5 Å². The first-order valence-electron chi connectivity index (χ1n) is 10.3. The summed E-state index contributed by atoms with van der Waals surface area (Å²) >= 11 is 0. The van der Waals surface area contributed by atoms with Crippen LogP contribution < -0.4 is 14.4 Å². The van der Waals surface area contributed by atoms with Crippen molar-refractivity contribution in [1.82, 2.24) is 14.5 Å². The normalized spacial score (nSPS) is 19.2. The first-order valence-corrected chi connectivity index (χ1v) is 10.3. The summed E-state index contributed by atoms with van der Waals surface area (Å²) < 4.78 is 44.6. The number of halogens is 3. The van der Waals surface area contributed by atoms with Crippen LogP contribution >= 0.6 is 0 Å². The van der Waals surface area contributed by atoms with E-state index < -0.39 is 12.1 Å². The number of carbonyl (C=O) groups is 2. The number of aliphatic carboxylic acids is 1. The minimum atomic E-state index is -5.08. The fourth-order valence-corrected chi connectivity index (χ4v) is 4.16. The molecule has 1 amide bonds. The number of piperidine rings is 1. The molecule has 0 aliphatic carbocycles. The van der Waals surface area contributed by atoms with Crippen LogP contribution in [0.4, 0.5) is 18.9 Å². The molecule has 0 bridgehead atoms. The molecule has 0 radical (unpaired) electrons. The number of carboxylic acids is 1. The van der Waals surface area contributed by atoms with E-state index in [-0.39, 0.29) is 18.1 Å². The number of likely N-dealkylation sites (tertiary alicyclic amines) is 1. The zero-order chi connectivity index (χ0) is 23.8. The van der Waals surface area contributed by atoms with Crippen LogP contribution in [0.15, 0.2) is 30.6 Å². The van der Waals surface area contributed by atoms with Crippen LogP contribution in [0.1, 0.15) is 18.7 Å². The third kappa shape index (κ3) is 4.61. The van der Waals surface area contributed by atoms with Crippen molar-refractivity contribution in [2.24, 2.45) is 12.5 Å². The summed E-state index contributed by atoms with van der Waals surface area (Å²) in [7, 11) is 2.02. The predicted octanol–water partition coefficient (Wildman–Crippen LogP) is 2.41. The Kier molecular flexibility index (Phi) is 5.95. The summed E-state index contributed by atoms with van der Waals surface area (Å²) in [6, 6.07) is 5.73. The van der Waals surface area contributed by atoms with E-state index in [1.807, 2.05) is 42.5 Å². The van der Waals surface area contributed by atoms with E-state index in [2.05, 4.69) is 14.5 Å². The molecule has 4 heterocycles. The van der Waals surface area contributed by atoms with Gasteiger partial charge in [0.2, 0.25) is 12.7 Å². The lowest BCUT2D eigenvalue weighted by Gasteiger charge is -2.52. The fraction of sp³-hybridized carbons (Fsp3) is 0.476. The Bertz CT molecular complexity index is 1050. The second-order valence-corrected chi connectivity index (χ2v) is 8.24. The number of nitrogens with zero attached hydrogens (tertiary/aromatic N) is 4. The van der Waals surface area contributed by atoms with E-state index in [0.29, 0.717) is 0 Å². The molecule has 1 aromatic carbocycles. The Morgan fingerprint density at radius 3 is 2.45 bits per heavy atom. The number of rotatable bonds is 3. The molecule has 178 valence electrons. The number of aromatic nitrogens is 2. The van der Waals surface area contributed by atoms with Crippen LogP contribution in [0.3, 0.4) is 0 Å². The molecule has 1 aromatic heterocycles. The van der Waals surface area contributed by atoms with Crippen LogP contribution in [0.5, 0.6) is 11.5 Å². The molecule has 1 spiro atoms. The molecule has 2 saturated heterocycles. The highest BCUT2D eigenvalue weighted by Crippen LogP contribution is 2.46. The minimum absolute atomic E-state index is 0.186. The largest absolute Gasteiger partial charge is 0.490 e. The molecule has 5 rings (SSSR count). The van der Waals surface area contributed by atoms with Crippen molar-refractivity contribution < 1.29 is 37.3 Å². The zero-order valence-corrected chi connectivity index (χ0v) is 17.8. The summed E-state index contributed by atoms with van der Waals surface area (Å²) in [4.78, 5) is 30.5. The van der Waals surface area contributed by atoms with Crippen LogP contribution in [0.25, 0.3) is 0 Å². The second kappa shape index (κ2) is 8.58. The van der Waals surface area contributed by atoms with E-state index in [0.717, 1.165) is 62.0 Å². The van der Waals surface area contributed by atoms with Crippen molar-refractivity contribution in [3.63, 3.8) is 0 Å². The van der Waals surface area contributed by atoms with Crippen LogP contribution in [0, 0.1) is 5.41 Å². The number of amides is 1. The van der Waals surface area contributed by atoms with Crippen LogP contribution in [-0.2, 0) is 23.2 Å². The van der Waals surface area contributed by atoms with E-state index in [4.69, 9.17) is 19.4 Å². The Morgan fingerprint density at radius 1 is 1.21 bits per heavy atom. The first-order chi connectivity index (χ1) is 15.6. The molecule has 0 saturated carbocycles. The number of hydrogen-bond donors (Lipinski definition) is 1. The SMILES string of the molecule is Cn1ccnc1CN1CCC2(CC1)CN(c1ccc3c(c1)OCO3)C2=O.O=C(O)C(F)(F)F. The van der Waals surface area contributed by atoms with E-state index >= 15 is 0 Å². The van der Waals surface area contributed by atoms with Crippen molar-refractivity contribution in [1.29, 1.82) is 0 Å². The molecule has 9 nitrogen and oxygen atoms in total. The van der Waals surface area contributed by atoms with Crippen molar-refractivity contribution in [2.45, 2.75) is 25.6 Å². The summed E-state index contributed by atoms with van der Waals surface area (Å²) in [6.07, 6.45) is 0.549. The van der Waals surface area contributed by atoms with Gasteiger partial charge in [-0.15, -0.1) is 0 Å². The number of β-lactam (4-membered cyclic amide) rings is 1. The average Bonchev–Trinajstić information content (AvgIpc) is 3.41. The summed E-state index contributed by atoms with van der Waals surface area (Å²) in [6.45, 7) is 3.77. The number of carbonyl (C=O) groups excluding carboxylic acids is 1. The molecule has 2 fully saturated rings. The highest BCUT2D eigenvalue weighted by Gasteiger charge is 2.53. The van der Waals surface area contributed by atoms with Crippen molar-refractivity contribution >= 4 is 17.6 Å². The molecular weight excluding hydrogens is 445 g/mol. The Balaban J connectivity index is 0.000000325. The van der Waals surface area contributed by atoms with Gasteiger partial charge >= 0.3 is 12.1 Å². The van der Waals surface area contributed by atoms with Crippen molar-refractivity contribution in [2.75, 3.05) is 31.3 Å².